The van der Waals surface area contributed by atoms with E-state index in [1.165, 1.54) is 0 Å². The van der Waals surface area contributed by atoms with Crippen LogP contribution in [-0.2, 0) is 0 Å². The van der Waals surface area contributed by atoms with Crippen molar-refractivity contribution in [2.75, 3.05) is 39.3 Å². The summed E-state index contributed by atoms with van der Waals surface area (Å²) in [5, 5.41) is 3.30. The summed E-state index contributed by atoms with van der Waals surface area (Å²) in [6.45, 7) is 7.85. The number of hydrogen-bond acceptors (Lipinski definition) is 3. The molecule has 108 valence electrons. The lowest BCUT2D eigenvalue weighted by Gasteiger charge is -2.43. The monoisotopic (exact) mass is 337 g/mol. The molecule has 5 heteroatoms. The number of amides is 1. The van der Waals surface area contributed by atoms with Crippen molar-refractivity contribution in [1.29, 1.82) is 0 Å². The Bertz CT molecular complexity index is 508. The van der Waals surface area contributed by atoms with E-state index < -0.39 is 0 Å². The van der Waals surface area contributed by atoms with Crippen LogP contribution in [0.5, 0.6) is 0 Å². The lowest BCUT2D eigenvalue weighted by atomic mass is 10.1. The molecule has 0 aliphatic carbocycles. The molecule has 1 aromatic carbocycles. The van der Waals surface area contributed by atoms with Crippen LogP contribution in [0.3, 0.4) is 0 Å². The summed E-state index contributed by atoms with van der Waals surface area (Å²) >= 11 is 3.44. The first-order chi connectivity index (χ1) is 9.65. The highest BCUT2D eigenvalue weighted by atomic mass is 79.9. The van der Waals surface area contributed by atoms with Crippen molar-refractivity contribution in [1.82, 2.24) is 15.1 Å². The van der Waals surface area contributed by atoms with Crippen molar-refractivity contribution in [2.45, 2.75) is 13.0 Å². The fraction of sp³-hybridized carbons (Fsp3) is 0.533. The number of piperazine rings is 1. The third-order valence-corrected chi connectivity index (χ3v) is 4.79. The van der Waals surface area contributed by atoms with Gasteiger partial charge < -0.3 is 10.2 Å². The second-order valence-electron chi connectivity index (χ2n) is 5.60. The molecule has 2 saturated heterocycles. The van der Waals surface area contributed by atoms with Gasteiger partial charge in [0, 0.05) is 55.3 Å². The van der Waals surface area contributed by atoms with E-state index in [4.69, 9.17) is 0 Å². The van der Waals surface area contributed by atoms with Gasteiger partial charge in [-0.15, -0.1) is 0 Å². The predicted molar refractivity (Wildman–Crippen MR) is 83.0 cm³/mol. The maximum Gasteiger partial charge on any atom is 0.254 e. The third-order valence-electron chi connectivity index (χ3n) is 4.30. The summed E-state index contributed by atoms with van der Waals surface area (Å²) < 4.78 is 1.02. The number of aryl methyl sites for hydroxylation is 1. The van der Waals surface area contributed by atoms with E-state index in [-0.39, 0.29) is 5.91 Å². The molecule has 4 nitrogen and oxygen atoms in total. The predicted octanol–water partition coefficient (Wildman–Crippen LogP) is 1.49. The van der Waals surface area contributed by atoms with Gasteiger partial charge in [0.1, 0.15) is 0 Å². The third kappa shape index (κ3) is 2.75. The SMILES string of the molecule is Cc1cc(Br)ccc1C(=O)N1CCN(C2CNC2)CC1. The number of hydrogen-bond donors (Lipinski definition) is 1. The summed E-state index contributed by atoms with van der Waals surface area (Å²) in [7, 11) is 0. The Labute approximate surface area is 128 Å². The number of halogens is 1. The largest absolute Gasteiger partial charge is 0.336 e. The number of carbonyl (C=O) groups excluding carboxylic acids is 1. The van der Waals surface area contributed by atoms with Gasteiger partial charge in [-0.3, -0.25) is 9.69 Å². The highest BCUT2D eigenvalue weighted by Gasteiger charge is 2.29. The van der Waals surface area contributed by atoms with Gasteiger partial charge in [0.05, 0.1) is 0 Å². The summed E-state index contributed by atoms with van der Waals surface area (Å²) in [5.41, 5.74) is 1.86. The molecule has 3 rings (SSSR count). The van der Waals surface area contributed by atoms with Gasteiger partial charge in [0.25, 0.3) is 5.91 Å². The van der Waals surface area contributed by atoms with E-state index in [9.17, 15) is 4.79 Å². The van der Waals surface area contributed by atoms with Crippen LogP contribution >= 0.6 is 15.9 Å². The molecular weight excluding hydrogens is 318 g/mol. The van der Waals surface area contributed by atoms with Crippen LogP contribution < -0.4 is 5.32 Å². The molecule has 2 fully saturated rings. The van der Waals surface area contributed by atoms with Crippen molar-refractivity contribution >= 4 is 21.8 Å². The average molecular weight is 338 g/mol. The summed E-state index contributed by atoms with van der Waals surface area (Å²) in [5.74, 6) is 0.168. The number of rotatable bonds is 2. The smallest absolute Gasteiger partial charge is 0.254 e. The molecule has 1 aromatic rings. The van der Waals surface area contributed by atoms with E-state index in [1.54, 1.807) is 0 Å². The number of carbonyl (C=O) groups is 1. The number of nitrogens with zero attached hydrogens (tertiary/aromatic N) is 2. The van der Waals surface area contributed by atoms with Gasteiger partial charge in [-0.1, -0.05) is 15.9 Å². The lowest BCUT2D eigenvalue weighted by Crippen LogP contribution is -2.62. The van der Waals surface area contributed by atoms with E-state index in [1.807, 2.05) is 30.0 Å². The summed E-state index contributed by atoms with van der Waals surface area (Å²) in [4.78, 5) is 17.1. The second kappa shape index (κ2) is 5.84. The molecule has 0 atom stereocenters. The fourth-order valence-corrected chi connectivity index (χ4v) is 3.33. The molecular formula is C15H20BrN3O. The molecule has 0 unspecified atom stereocenters. The van der Waals surface area contributed by atoms with Crippen LogP contribution in [0.2, 0.25) is 0 Å². The standard InChI is InChI=1S/C15H20BrN3O/c1-11-8-12(16)2-3-14(11)15(20)19-6-4-18(5-7-19)13-9-17-10-13/h2-3,8,13,17H,4-7,9-10H2,1H3. The quantitative estimate of drug-likeness (QED) is 0.888. The molecule has 0 aromatic heterocycles. The van der Waals surface area contributed by atoms with Gasteiger partial charge in [0.2, 0.25) is 0 Å². The van der Waals surface area contributed by atoms with Crippen molar-refractivity contribution in [2.24, 2.45) is 0 Å². The van der Waals surface area contributed by atoms with Gasteiger partial charge in [0.15, 0.2) is 0 Å². The number of nitrogens with one attached hydrogen (secondary N) is 1. The van der Waals surface area contributed by atoms with Crippen LogP contribution in [0.4, 0.5) is 0 Å². The van der Waals surface area contributed by atoms with Crippen molar-refractivity contribution < 1.29 is 4.79 Å². The van der Waals surface area contributed by atoms with Gasteiger partial charge in [-0.2, -0.15) is 0 Å². The van der Waals surface area contributed by atoms with Crippen molar-refractivity contribution in [3.63, 3.8) is 0 Å². The molecule has 0 bridgehead atoms. The maximum atomic E-state index is 12.6. The van der Waals surface area contributed by atoms with E-state index in [2.05, 4.69) is 26.1 Å². The maximum absolute atomic E-state index is 12.6. The minimum absolute atomic E-state index is 0.168. The van der Waals surface area contributed by atoms with E-state index in [0.29, 0.717) is 6.04 Å². The van der Waals surface area contributed by atoms with Gasteiger partial charge in [-0.25, -0.2) is 0 Å². The Morgan fingerprint density at radius 2 is 1.95 bits per heavy atom. The summed E-state index contributed by atoms with van der Waals surface area (Å²) in [6, 6.07) is 6.55. The fourth-order valence-electron chi connectivity index (χ4n) is 2.86. The Hall–Kier alpha value is -0.910. The van der Waals surface area contributed by atoms with Crippen LogP contribution in [0.25, 0.3) is 0 Å². The normalized spacial score (nSPS) is 20.8. The zero-order valence-electron chi connectivity index (χ0n) is 11.7. The molecule has 2 heterocycles. The zero-order valence-corrected chi connectivity index (χ0v) is 13.3. The molecule has 0 radical (unpaired) electrons. The molecule has 1 amide bonds. The minimum atomic E-state index is 0.168. The average Bonchev–Trinajstić information content (AvgIpc) is 2.37. The first-order valence-corrected chi connectivity index (χ1v) is 7.94. The minimum Gasteiger partial charge on any atom is -0.336 e. The highest BCUT2D eigenvalue weighted by molar-refractivity contribution is 9.10. The molecule has 0 saturated carbocycles. The highest BCUT2D eigenvalue weighted by Crippen LogP contribution is 2.19. The van der Waals surface area contributed by atoms with Crippen LogP contribution in [0.1, 0.15) is 15.9 Å². The molecule has 20 heavy (non-hydrogen) atoms. The van der Waals surface area contributed by atoms with Crippen molar-refractivity contribution in [3.05, 3.63) is 33.8 Å². The molecule has 1 N–H and O–H groups in total. The number of benzene rings is 1. The van der Waals surface area contributed by atoms with E-state index >= 15 is 0 Å². The first kappa shape index (κ1) is 14.0. The Morgan fingerprint density at radius 3 is 2.50 bits per heavy atom. The Morgan fingerprint density at radius 1 is 1.25 bits per heavy atom. The molecule has 2 aliphatic rings. The second-order valence-corrected chi connectivity index (χ2v) is 6.52. The molecule has 2 aliphatic heterocycles. The summed E-state index contributed by atoms with van der Waals surface area (Å²) in [6.07, 6.45) is 0. The van der Waals surface area contributed by atoms with Gasteiger partial charge in [-0.05, 0) is 30.7 Å². The van der Waals surface area contributed by atoms with E-state index in [0.717, 1.165) is 54.9 Å². The van der Waals surface area contributed by atoms with Crippen LogP contribution in [-0.4, -0.2) is 61.0 Å². The van der Waals surface area contributed by atoms with Crippen molar-refractivity contribution in [3.8, 4) is 0 Å². The Kier molecular flexibility index (Phi) is 4.10. The Balaban J connectivity index is 1.63. The zero-order chi connectivity index (χ0) is 14.1. The van der Waals surface area contributed by atoms with Crippen LogP contribution in [0.15, 0.2) is 22.7 Å². The van der Waals surface area contributed by atoms with Gasteiger partial charge >= 0.3 is 0 Å². The molecule has 0 spiro atoms. The topological polar surface area (TPSA) is 35.6 Å². The first-order valence-electron chi connectivity index (χ1n) is 7.15. The lowest BCUT2D eigenvalue weighted by molar-refractivity contribution is 0.0501. The van der Waals surface area contributed by atoms with Crippen LogP contribution in [0, 0.1) is 6.92 Å².